The molecule has 2 heterocycles. The molecule has 0 unspecified atom stereocenters. The van der Waals surface area contributed by atoms with Crippen molar-refractivity contribution in [3.63, 3.8) is 0 Å². The summed E-state index contributed by atoms with van der Waals surface area (Å²) < 4.78 is 13.4. The Kier molecular flexibility index (Phi) is 5.05. The molecule has 30 heavy (non-hydrogen) atoms. The second-order valence-corrected chi connectivity index (χ2v) is 7.25. The van der Waals surface area contributed by atoms with Crippen molar-refractivity contribution in [2.75, 3.05) is 7.11 Å². The lowest BCUT2D eigenvalue weighted by atomic mass is 10.0. The molecule has 0 radical (unpaired) electrons. The number of fused-ring (bicyclic) bond motifs is 1. The summed E-state index contributed by atoms with van der Waals surface area (Å²) in [7, 11) is 3.43. The number of nitro groups is 1. The van der Waals surface area contributed by atoms with Crippen molar-refractivity contribution in [2.24, 2.45) is 7.05 Å². The summed E-state index contributed by atoms with van der Waals surface area (Å²) in [5.74, 6) is 1.56. The zero-order valence-corrected chi connectivity index (χ0v) is 17.3. The third-order valence-electron chi connectivity index (χ3n) is 4.88. The van der Waals surface area contributed by atoms with Gasteiger partial charge in [0.15, 0.2) is 0 Å². The fraction of sp³-hybridized carbons (Fsp3) is 0.136. The molecule has 0 N–H and O–H groups in total. The molecule has 0 aliphatic heterocycles. The van der Waals surface area contributed by atoms with Crippen LogP contribution in [0.5, 0.6) is 17.4 Å². The topological polar surface area (TPSA) is 79.4 Å². The molecule has 0 fully saturated rings. The number of pyridine rings is 1. The lowest BCUT2D eigenvalue weighted by Gasteiger charge is -2.13. The minimum absolute atomic E-state index is 0.0199. The third-order valence-corrected chi connectivity index (χ3v) is 5.13. The molecule has 0 bridgehead atoms. The van der Waals surface area contributed by atoms with Gasteiger partial charge in [-0.25, -0.2) is 4.98 Å². The van der Waals surface area contributed by atoms with Crippen LogP contribution in [0.15, 0.2) is 54.9 Å². The molecule has 8 heteroatoms. The summed E-state index contributed by atoms with van der Waals surface area (Å²) in [6, 6.07) is 12.0. The fourth-order valence-corrected chi connectivity index (χ4v) is 3.60. The van der Waals surface area contributed by atoms with Gasteiger partial charge in [-0.15, -0.1) is 0 Å². The molecule has 4 aromatic rings. The smallest absolute Gasteiger partial charge is 0.273 e. The maximum Gasteiger partial charge on any atom is 0.273 e. The molecule has 0 aliphatic carbocycles. The van der Waals surface area contributed by atoms with Gasteiger partial charge in [0.25, 0.3) is 5.69 Å². The Bertz CT molecular complexity index is 1270. The first kappa shape index (κ1) is 19.7. The number of halogens is 1. The minimum Gasteiger partial charge on any atom is -0.479 e. The highest BCUT2D eigenvalue weighted by Gasteiger charge is 2.22. The normalized spacial score (nSPS) is 10.9. The summed E-state index contributed by atoms with van der Waals surface area (Å²) in [6.45, 7) is 1.69. The summed E-state index contributed by atoms with van der Waals surface area (Å²) in [6.07, 6.45) is 3.53. The Morgan fingerprint density at radius 3 is 2.53 bits per heavy atom. The lowest BCUT2D eigenvalue weighted by Crippen LogP contribution is -1.96. The molecule has 4 rings (SSSR count). The summed E-state index contributed by atoms with van der Waals surface area (Å²) in [5, 5.41) is 13.0. The van der Waals surface area contributed by atoms with Crippen molar-refractivity contribution in [3.05, 3.63) is 75.6 Å². The van der Waals surface area contributed by atoms with Gasteiger partial charge in [-0.1, -0.05) is 11.6 Å². The highest BCUT2D eigenvalue weighted by molar-refractivity contribution is 6.30. The van der Waals surface area contributed by atoms with Gasteiger partial charge in [0.2, 0.25) is 5.88 Å². The number of nitro benzene ring substituents is 1. The second-order valence-electron chi connectivity index (χ2n) is 6.82. The van der Waals surface area contributed by atoms with Gasteiger partial charge < -0.3 is 14.0 Å². The molecule has 2 aromatic heterocycles. The van der Waals surface area contributed by atoms with Crippen molar-refractivity contribution in [1.29, 1.82) is 0 Å². The molecule has 2 aromatic carbocycles. The first-order chi connectivity index (χ1) is 14.4. The molecule has 0 amide bonds. The Labute approximate surface area is 177 Å². The molecule has 7 nitrogen and oxygen atoms in total. The molecular formula is C22H18ClN3O4. The van der Waals surface area contributed by atoms with Crippen molar-refractivity contribution >= 4 is 28.2 Å². The zero-order chi connectivity index (χ0) is 21.4. The Morgan fingerprint density at radius 2 is 1.87 bits per heavy atom. The van der Waals surface area contributed by atoms with Gasteiger partial charge in [-0.3, -0.25) is 10.1 Å². The number of hydrogen-bond donors (Lipinski definition) is 0. The van der Waals surface area contributed by atoms with E-state index in [1.165, 1.54) is 0 Å². The first-order valence-electron chi connectivity index (χ1n) is 9.10. The van der Waals surface area contributed by atoms with Gasteiger partial charge in [-0.2, -0.15) is 0 Å². The lowest BCUT2D eigenvalue weighted by molar-refractivity contribution is -0.385. The molecule has 152 valence electrons. The average molecular weight is 424 g/mol. The number of methoxy groups -OCH3 is 1. The molecular weight excluding hydrogens is 406 g/mol. The standard InChI is InChI=1S/C22H18ClN3O4/c1-13-10-20(30-15-6-4-14(23)5-7-15)17(11-19(13)26(27)28)18-12-25(2)21-16(18)8-9-24-22(21)29-3/h4-12H,1-3H3. The van der Waals surface area contributed by atoms with E-state index in [9.17, 15) is 10.1 Å². The van der Waals surface area contributed by atoms with Gasteiger partial charge >= 0.3 is 0 Å². The monoisotopic (exact) mass is 423 g/mol. The summed E-state index contributed by atoms with van der Waals surface area (Å²) >= 11 is 5.97. The van der Waals surface area contributed by atoms with E-state index in [0.717, 1.165) is 16.5 Å². The molecule has 0 atom stereocenters. The second kappa shape index (κ2) is 7.68. The van der Waals surface area contributed by atoms with E-state index in [2.05, 4.69) is 4.98 Å². The van der Waals surface area contributed by atoms with Crippen molar-refractivity contribution in [2.45, 2.75) is 6.92 Å². The predicted octanol–water partition coefficient (Wildman–Crippen LogP) is 5.91. The highest BCUT2D eigenvalue weighted by Crippen LogP contribution is 2.42. The number of benzene rings is 2. The molecule has 0 spiro atoms. The highest BCUT2D eigenvalue weighted by atomic mass is 35.5. The van der Waals surface area contributed by atoms with E-state index in [4.69, 9.17) is 21.1 Å². The quantitative estimate of drug-likeness (QED) is 0.294. The molecule has 0 saturated carbocycles. The van der Waals surface area contributed by atoms with E-state index in [1.54, 1.807) is 56.6 Å². The van der Waals surface area contributed by atoms with E-state index >= 15 is 0 Å². The van der Waals surface area contributed by atoms with Crippen LogP contribution in [0.3, 0.4) is 0 Å². The van der Waals surface area contributed by atoms with Crippen LogP contribution in [0.4, 0.5) is 5.69 Å². The number of hydrogen-bond acceptors (Lipinski definition) is 5. The first-order valence-corrected chi connectivity index (χ1v) is 9.47. The van der Waals surface area contributed by atoms with Crippen molar-refractivity contribution in [3.8, 4) is 28.5 Å². The van der Waals surface area contributed by atoms with Crippen LogP contribution in [-0.4, -0.2) is 21.6 Å². The van der Waals surface area contributed by atoms with Gasteiger partial charge in [-0.05, 0) is 43.3 Å². The van der Waals surface area contributed by atoms with Crippen LogP contribution in [0.25, 0.3) is 22.0 Å². The summed E-state index contributed by atoms with van der Waals surface area (Å²) in [5.41, 5.74) is 2.69. The number of aromatic nitrogens is 2. The van der Waals surface area contributed by atoms with Crippen LogP contribution in [0.1, 0.15) is 5.56 Å². The van der Waals surface area contributed by atoms with Crippen LogP contribution >= 0.6 is 11.6 Å². The van der Waals surface area contributed by atoms with Gasteiger partial charge in [0, 0.05) is 52.6 Å². The van der Waals surface area contributed by atoms with Gasteiger partial charge in [0.05, 0.1) is 12.0 Å². The van der Waals surface area contributed by atoms with Gasteiger partial charge in [0.1, 0.15) is 17.0 Å². The van der Waals surface area contributed by atoms with Crippen molar-refractivity contribution < 1.29 is 14.4 Å². The number of ether oxygens (including phenoxy) is 2. The van der Waals surface area contributed by atoms with Crippen LogP contribution in [0.2, 0.25) is 5.02 Å². The fourth-order valence-electron chi connectivity index (χ4n) is 3.48. The average Bonchev–Trinajstić information content (AvgIpc) is 3.06. The zero-order valence-electron chi connectivity index (χ0n) is 16.5. The predicted molar refractivity (Wildman–Crippen MR) is 116 cm³/mol. The molecule has 0 aliphatic rings. The Balaban J connectivity index is 1.96. The van der Waals surface area contributed by atoms with Crippen LogP contribution in [0, 0.1) is 17.0 Å². The van der Waals surface area contributed by atoms with E-state index < -0.39 is 4.92 Å². The number of nitrogens with zero attached hydrogens (tertiary/aromatic N) is 3. The Morgan fingerprint density at radius 1 is 1.13 bits per heavy atom. The third kappa shape index (κ3) is 3.44. The SMILES string of the molecule is COc1nccc2c(-c3cc([N+](=O)[O-])c(C)cc3Oc3ccc(Cl)cc3)cn(C)c12. The number of aryl methyl sites for hydroxylation is 2. The summed E-state index contributed by atoms with van der Waals surface area (Å²) in [4.78, 5) is 15.5. The number of rotatable bonds is 5. The van der Waals surface area contributed by atoms with E-state index in [0.29, 0.717) is 33.5 Å². The maximum atomic E-state index is 11.6. The molecule has 0 saturated heterocycles. The minimum atomic E-state index is -0.391. The van der Waals surface area contributed by atoms with E-state index in [-0.39, 0.29) is 5.69 Å². The maximum absolute atomic E-state index is 11.6. The van der Waals surface area contributed by atoms with Crippen LogP contribution < -0.4 is 9.47 Å². The van der Waals surface area contributed by atoms with E-state index in [1.807, 2.05) is 23.9 Å². The Hall–Kier alpha value is -3.58. The van der Waals surface area contributed by atoms with Crippen molar-refractivity contribution in [1.82, 2.24) is 9.55 Å². The largest absolute Gasteiger partial charge is 0.479 e. The van der Waals surface area contributed by atoms with Crippen LogP contribution in [-0.2, 0) is 7.05 Å².